The molecule has 3 aromatic carbocycles. The maximum atomic E-state index is 12.9. The molecule has 1 heterocycles. The molecule has 1 amide bonds. The van der Waals surface area contributed by atoms with Gasteiger partial charge in [0.1, 0.15) is 0 Å². The maximum Gasteiger partial charge on any atom is 0.251 e. The molecule has 0 aliphatic heterocycles. The van der Waals surface area contributed by atoms with Gasteiger partial charge in [-0.25, -0.2) is 8.42 Å². The van der Waals surface area contributed by atoms with E-state index >= 15 is 0 Å². The van der Waals surface area contributed by atoms with Crippen LogP contribution in [0.25, 0.3) is 10.9 Å². The summed E-state index contributed by atoms with van der Waals surface area (Å²) in [6.07, 6.45) is 3.09. The van der Waals surface area contributed by atoms with Gasteiger partial charge in [-0.15, -0.1) is 0 Å². The van der Waals surface area contributed by atoms with Crippen LogP contribution < -0.4 is 14.9 Å². The smallest absolute Gasteiger partial charge is 0.251 e. The summed E-state index contributed by atoms with van der Waals surface area (Å²) in [4.78, 5) is 18.3. The molecule has 0 aliphatic rings. The largest absolute Gasteiger partial charge is 0.378 e. The lowest BCUT2D eigenvalue weighted by molar-refractivity contribution is 0.0952. The number of amides is 1. The number of carbonyl (C=O) groups is 1. The van der Waals surface area contributed by atoms with Gasteiger partial charge >= 0.3 is 0 Å². The fourth-order valence-corrected chi connectivity index (χ4v) is 4.56. The molecule has 3 N–H and O–H groups in total. The Morgan fingerprint density at radius 1 is 0.971 bits per heavy atom. The lowest BCUT2D eigenvalue weighted by Gasteiger charge is -2.20. The van der Waals surface area contributed by atoms with E-state index < -0.39 is 10.0 Å². The standard InChI is InChI=1S/C26H28N4O3S/c1-30(2)21-14-10-18(11-15-21)23(24-17-27-25-7-5-4-6-22(24)25)16-28-26(31)19-8-12-20(13-9-19)29-34(3,32)33/h4-15,17,23,27,29H,16H2,1-3H3,(H,28,31). The predicted octanol–water partition coefficient (Wildman–Crippen LogP) is 4.17. The number of anilines is 2. The lowest BCUT2D eigenvalue weighted by Crippen LogP contribution is -2.29. The van der Waals surface area contributed by atoms with Crippen LogP contribution in [0.5, 0.6) is 0 Å². The van der Waals surface area contributed by atoms with Crippen LogP contribution in [0.15, 0.2) is 79.0 Å². The van der Waals surface area contributed by atoms with Gasteiger partial charge in [-0.05, 0) is 53.6 Å². The van der Waals surface area contributed by atoms with Gasteiger partial charge in [-0.1, -0.05) is 30.3 Å². The van der Waals surface area contributed by atoms with Crippen molar-refractivity contribution in [3.05, 3.63) is 95.7 Å². The molecular formula is C26H28N4O3S. The van der Waals surface area contributed by atoms with E-state index in [0.717, 1.165) is 34.0 Å². The minimum Gasteiger partial charge on any atom is -0.378 e. The SMILES string of the molecule is CN(C)c1ccc(C(CNC(=O)c2ccc(NS(C)(=O)=O)cc2)c2c[nH]c3ccccc23)cc1. The van der Waals surface area contributed by atoms with Crippen molar-refractivity contribution in [3.8, 4) is 0 Å². The van der Waals surface area contributed by atoms with Crippen molar-refractivity contribution in [3.63, 3.8) is 0 Å². The first-order chi connectivity index (χ1) is 16.2. The maximum absolute atomic E-state index is 12.9. The number of H-pyrrole nitrogens is 1. The van der Waals surface area contributed by atoms with Gasteiger partial charge in [0, 0.05) is 60.6 Å². The average Bonchev–Trinajstić information content (AvgIpc) is 3.23. The molecule has 4 aromatic rings. The summed E-state index contributed by atoms with van der Waals surface area (Å²) in [7, 11) is 0.636. The van der Waals surface area contributed by atoms with Crippen LogP contribution in [0.4, 0.5) is 11.4 Å². The first kappa shape index (κ1) is 23.4. The van der Waals surface area contributed by atoms with Crippen LogP contribution in [-0.4, -0.2) is 46.2 Å². The highest BCUT2D eigenvalue weighted by molar-refractivity contribution is 7.92. The summed E-state index contributed by atoms with van der Waals surface area (Å²) in [6, 6.07) is 22.8. The number of nitrogens with one attached hydrogen (secondary N) is 3. The van der Waals surface area contributed by atoms with Crippen molar-refractivity contribution in [2.24, 2.45) is 0 Å². The topological polar surface area (TPSA) is 94.3 Å². The highest BCUT2D eigenvalue weighted by atomic mass is 32.2. The summed E-state index contributed by atoms with van der Waals surface area (Å²) in [5, 5.41) is 4.17. The van der Waals surface area contributed by atoms with Crippen LogP contribution in [0.1, 0.15) is 27.4 Å². The second-order valence-corrected chi connectivity index (χ2v) is 10.2. The number of rotatable bonds is 8. The van der Waals surface area contributed by atoms with Crippen LogP contribution in [-0.2, 0) is 10.0 Å². The quantitative estimate of drug-likeness (QED) is 0.356. The van der Waals surface area contributed by atoms with E-state index in [1.165, 1.54) is 0 Å². The van der Waals surface area contributed by atoms with Gasteiger partial charge in [-0.3, -0.25) is 9.52 Å². The second-order valence-electron chi connectivity index (χ2n) is 8.49. The van der Waals surface area contributed by atoms with Crippen molar-refractivity contribution in [2.45, 2.75) is 5.92 Å². The molecule has 8 heteroatoms. The normalized spacial score (nSPS) is 12.3. The number of nitrogens with zero attached hydrogens (tertiary/aromatic N) is 1. The van der Waals surface area contributed by atoms with E-state index in [9.17, 15) is 13.2 Å². The van der Waals surface area contributed by atoms with Gasteiger partial charge in [-0.2, -0.15) is 0 Å². The molecule has 176 valence electrons. The van der Waals surface area contributed by atoms with E-state index in [1.807, 2.05) is 38.5 Å². The molecule has 0 spiro atoms. The fourth-order valence-electron chi connectivity index (χ4n) is 3.99. The van der Waals surface area contributed by atoms with Gasteiger partial charge in [0.2, 0.25) is 10.0 Å². The first-order valence-electron chi connectivity index (χ1n) is 10.9. The Bertz CT molecular complexity index is 1390. The molecule has 0 fully saturated rings. The molecule has 34 heavy (non-hydrogen) atoms. The predicted molar refractivity (Wildman–Crippen MR) is 138 cm³/mol. The molecular weight excluding hydrogens is 448 g/mol. The van der Waals surface area contributed by atoms with Crippen molar-refractivity contribution >= 4 is 38.2 Å². The Kier molecular flexibility index (Phi) is 6.61. The number of hydrogen-bond acceptors (Lipinski definition) is 4. The highest BCUT2D eigenvalue weighted by Crippen LogP contribution is 2.31. The Morgan fingerprint density at radius 3 is 2.29 bits per heavy atom. The Balaban J connectivity index is 1.58. The van der Waals surface area contributed by atoms with E-state index in [4.69, 9.17) is 0 Å². The zero-order valence-electron chi connectivity index (χ0n) is 19.4. The zero-order chi connectivity index (χ0) is 24.3. The molecule has 0 aliphatic carbocycles. The molecule has 0 bridgehead atoms. The van der Waals surface area contributed by atoms with Crippen LogP contribution in [0.3, 0.4) is 0 Å². The third kappa shape index (κ3) is 5.40. The van der Waals surface area contributed by atoms with Gasteiger partial charge in [0.15, 0.2) is 0 Å². The summed E-state index contributed by atoms with van der Waals surface area (Å²) in [5.74, 6) is -0.275. The third-order valence-electron chi connectivity index (χ3n) is 5.73. The van der Waals surface area contributed by atoms with Crippen molar-refractivity contribution < 1.29 is 13.2 Å². The molecule has 0 saturated heterocycles. The van der Waals surface area contributed by atoms with Crippen LogP contribution in [0, 0.1) is 0 Å². The number of para-hydroxylation sites is 1. The number of carbonyl (C=O) groups excluding carboxylic acids is 1. The Morgan fingerprint density at radius 2 is 1.65 bits per heavy atom. The summed E-state index contributed by atoms with van der Waals surface area (Å²) in [5.41, 5.74) is 5.24. The summed E-state index contributed by atoms with van der Waals surface area (Å²) < 4.78 is 25.2. The van der Waals surface area contributed by atoms with Gasteiger partial charge in [0.05, 0.1) is 6.26 Å². The third-order valence-corrected chi connectivity index (χ3v) is 6.33. The molecule has 4 rings (SSSR count). The lowest BCUT2D eigenvalue weighted by atomic mass is 9.90. The van der Waals surface area contributed by atoms with Crippen molar-refractivity contribution in [1.82, 2.24) is 10.3 Å². The van der Waals surface area contributed by atoms with Gasteiger partial charge < -0.3 is 15.2 Å². The molecule has 1 aromatic heterocycles. The van der Waals surface area contributed by atoms with Crippen LogP contribution >= 0.6 is 0 Å². The molecule has 0 saturated carbocycles. The van der Waals surface area contributed by atoms with E-state index in [0.29, 0.717) is 17.8 Å². The minimum atomic E-state index is -3.37. The molecule has 7 nitrogen and oxygen atoms in total. The van der Waals surface area contributed by atoms with Crippen molar-refractivity contribution in [1.29, 1.82) is 0 Å². The van der Waals surface area contributed by atoms with Crippen LogP contribution in [0.2, 0.25) is 0 Å². The monoisotopic (exact) mass is 476 g/mol. The molecule has 1 atom stereocenters. The molecule has 0 radical (unpaired) electrons. The van der Waals surface area contributed by atoms with Gasteiger partial charge in [0.25, 0.3) is 5.91 Å². The molecule has 1 unspecified atom stereocenters. The average molecular weight is 477 g/mol. The highest BCUT2D eigenvalue weighted by Gasteiger charge is 2.20. The number of aromatic amines is 1. The van der Waals surface area contributed by atoms with E-state index in [-0.39, 0.29) is 11.8 Å². The number of hydrogen-bond donors (Lipinski definition) is 3. The van der Waals surface area contributed by atoms with E-state index in [2.05, 4.69) is 50.3 Å². The van der Waals surface area contributed by atoms with Crippen molar-refractivity contribution in [2.75, 3.05) is 36.5 Å². The zero-order valence-corrected chi connectivity index (χ0v) is 20.2. The Hall–Kier alpha value is -3.78. The van der Waals surface area contributed by atoms with E-state index in [1.54, 1.807) is 24.3 Å². The number of fused-ring (bicyclic) bond motifs is 1. The summed E-state index contributed by atoms with van der Waals surface area (Å²) in [6.45, 7) is 0.408. The minimum absolute atomic E-state index is 0.0533. The Labute approximate surface area is 199 Å². The summed E-state index contributed by atoms with van der Waals surface area (Å²) >= 11 is 0. The number of benzene rings is 3. The fraction of sp³-hybridized carbons (Fsp3) is 0.192. The second kappa shape index (κ2) is 9.61. The number of aromatic nitrogens is 1. The first-order valence-corrected chi connectivity index (χ1v) is 12.8. The number of sulfonamides is 1.